The van der Waals surface area contributed by atoms with Crippen LogP contribution in [0.25, 0.3) is 38.5 Å². The van der Waals surface area contributed by atoms with Gasteiger partial charge in [0.1, 0.15) is 34.4 Å². The third kappa shape index (κ3) is 4.96. The summed E-state index contributed by atoms with van der Waals surface area (Å²) in [6.45, 7) is 5.80. The molecule has 4 heterocycles. The Morgan fingerprint density at radius 1 is 0.950 bits per heavy atom. The first-order valence-corrected chi connectivity index (χ1v) is 14.4. The van der Waals surface area contributed by atoms with E-state index in [2.05, 4.69) is 46.4 Å². The van der Waals surface area contributed by atoms with Crippen molar-refractivity contribution in [3.8, 4) is 34.1 Å². The third-order valence-electron chi connectivity index (χ3n) is 7.45. The van der Waals surface area contributed by atoms with Crippen LogP contribution in [0.3, 0.4) is 0 Å². The van der Waals surface area contributed by atoms with Crippen LogP contribution >= 0.6 is 11.3 Å². The number of likely N-dealkylation sites (tertiary alicyclic amines) is 1. The van der Waals surface area contributed by atoms with Crippen molar-refractivity contribution >= 4 is 27.3 Å². The summed E-state index contributed by atoms with van der Waals surface area (Å²) in [5, 5.41) is 6.41. The van der Waals surface area contributed by atoms with Crippen molar-refractivity contribution in [1.82, 2.24) is 19.5 Å². The van der Waals surface area contributed by atoms with Crippen LogP contribution in [0.15, 0.2) is 77.3 Å². The molecule has 0 N–H and O–H groups in total. The smallest absolute Gasteiger partial charge is 0.212 e. The van der Waals surface area contributed by atoms with Crippen molar-refractivity contribution in [1.29, 1.82) is 0 Å². The van der Waals surface area contributed by atoms with Crippen molar-refractivity contribution < 1.29 is 13.9 Å². The fourth-order valence-electron chi connectivity index (χ4n) is 5.39. The fourth-order valence-corrected chi connectivity index (χ4v) is 6.12. The lowest BCUT2D eigenvalue weighted by Gasteiger charge is -2.15. The van der Waals surface area contributed by atoms with E-state index in [9.17, 15) is 0 Å². The number of aromatic nitrogens is 3. The Morgan fingerprint density at radius 2 is 1.80 bits per heavy atom. The number of nitrogens with zero attached hydrogens (tertiary/aromatic N) is 4. The Balaban J connectivity index is 1.11. The van der Waals surface area contributed by atoms with E-state index in [-0.39, 0.29) is 0 Å². The van der Waals surface area contributed by atoms with Crippen molar-refractivity contribution in [3.05, 3.63) is 89.1 Å². The van der Waals surface area contributed by atoms with Crippen LogP contribution in [0.2, 0.25) is 0 Å². The van der Waals surface area contributed by atoms with Gasteiger partial charge in [-0.2, -0.15) is 5.10 Å². The van der Waals surface area contributed by atoms with E-state index in [4.69, 9.17) is 18.9 Å². The zero-order valence-corrected chi connectivity index (χ0v) is 23.4. The van der Waals surface area contributed by atoms with Gasteiger partial charge in [-0.15, -0.1) is 0 Å². The Kier molecular flexibility index (Phi) is 6.49. The van der Waals surface area contributed by atoms with Gasteiger partial charge in [0.05, 0.1) is 13.3 Å². The number of ether oxygens (including phenoxy) is 2. The number of furan rings is 1. The first-order chi connectivity index (χ1) is 19.6. The minimum atomic E-state index is 0.379. The maximum atomic E-state index is 6.31. The monoisotopic (exact) mass is 550 g/mol. The second-order valence-electron chi connectivity index (χ2n) is 10.3. The van der Waals surface area contributed by atoms with Gasteiger partial charge in [0.25, 0.3) is 0 Å². The number of methoxy groups -OCH3 is 1. The lowest BCUT2D eigenvalue weighted by Crippen LogP contribution is -2.18. The van der Waals surface area contributed by atoms with Crippen LogP contribution in [-0.2, 0) is 13.2 Å². The van der Waals surface area contributed by atoms with Gasteiger partial charge < -0.3 is 13.9 Å². The summed E-state index contributed by atoms with van der Waals surface area (Å²) in [6, 6.07) is 23.1. The molecule has 1 saturated heterocycles. The molecule has 3 aromatic carbocycles. The normalized spacial score (nSPS) is 13.9. The van der Waals surface area contributed by atoms with E-state index in [1.54, 1.807) is 23.0 Å². The van der Waals surface area contributed by atoms with Gasteiger partial charge in [-0.3, -0.25) is 4.90 Å². The van der Waals surface area contributed by atoms with Gasteiger partial charge in [-0.05, 0) is 73.8 Å². The maximum absolute atomic E-state index is 6.31. The van der Waals surface area contributed by atoms with Gasteiger partial charge in [0, 0.05) is 23.6 Å². The van der Waals surface area contributed by atoms with E-state index in [0.29, 0.717) is 12.4 Å². The third-order valence-corrected chi connectivity index (χ3v) is 8.29. The maximum Gasteiger partial charge on any atom is 0.212 e. The molecule has 3 aromatic heterocycles. The van der Waals surface area contributed by atoms with Crippen molar-refractivity contribution in [2.45, 2.75) is 32.9 Å². The molecule has 1 aliphatic rings. The molecule has 0 saturated carbocycles. The number of benzene rings is 3. The molecule has 7 nitrogen and oxygen atoms in total. The number of rotatable bonds is 8. The number of hydrogen-bond donors (Lipinski definition) is 0. The van der Waals surface area contributed by atoms with Gasteiger partial charge in [0.15, 0.2) is 5.76 Å². The summed E-state index contributed by atoms with van der Waals surface area (Å²) in [6.07, 6.45) is 4.53. The van der Waals surface area contributed by atoms with Gasteiger partial charge in [0.2, 0.25) is 4.96 Å². The average molecular weight is 551 g/mol. The van der Waals surface area contributed by atoms with E-state index in [1.165, 1.54) is 37.1 Å². The Morgan fingerprint density at radius 3 is 2.60 bits per heavy atom. The summed E-state index contributed by atoms with van der Waals surface area (Å²) in [4.78, 5) is 8.06. The molecule has 0 radical (unpaired) electrons. The van der Waals surface area contributed by atoms with Crippen LogP contribution in [0.4, 0.5) is 0 Å². The Bertz CT molecular complexity index is 1760. The molecule has 1 aliphatic heterocycles. The highest BCUT2D eigenvalue weighted by atomic mass is 32.1. The predicted molar refractivity (Wildman–Crippen MR) is 158 cm³/mol. The number of imidazole rings is 1. The van der Waals surface area contributed by atoms with Gasteiger partial charge in [-0.1, -0.05) is 47.7 Å². The van der Waals surface area contributed by atoms with Crippen LogP contribution < -0.4 is 9.47 Å². The molecule has 0 unspecified atom stereocenters. The van der Waals surface area contributed by atoms with Gasteiger partial charge >= 0.3 is 0 Å². The van der Waals surface area contributed by atoms with E-state index in [0.717, 1.165) is 55.8 Å². The lowest BCUT2D eigenvalue weighted by molar-refractivity contribution is 0.307. The minimum absolute atomic E-state index is 0.379. The second-order valence-corrected chi connectivity index (χ2v) is 11.4. The highest BCUT2D eigenvalue weighted by Gasteiger charge is 2.16. The van der Waals surface area contributed by atoms with Crippen LogP contribution in [-0.4, -0.2) is 39.7 Å². The summed E-state index contributed by atoms with van der Waals surface area (Å²) in [5.41, 5.74) is 6.15. The van der Waals surface area contributed by atoms with E-state index >= 15 is 0 Å². The van der Waals surface area contributed by atoms with Crippen molar-refractivity contribution in [2.75, 3.05) is 20.2 Å². The van der Waals surface area contributed by atoms with Crippen LogP contribution in [0.5, 0.6) is 11.5 Å². The van der Waals surface area contributed by atoms with Crippen molar-refractivity contribution in [2.24, 2.45) is 0 Å². The van der Waals surface area contributed by atoms with E-state index in [1.807, 2.05) is 43.5 Å². The fraction of sp³-hybridized carbons (Fsp3) is 0.250. The number of aryl methyl sites for hydroxylation is 1. The summed E-state index contributed by atoms with van der Waals surface area (Å²) >= 11 is 1.55. The average Bonchev–Trinajstić information content (AvgIpc) is 3.76. The zero-order valence-electron chi connectivity index (χ0n) is 22.6. The molecule has 0 aliphatic carbocycles. The topological polar surface area (TPSA) is 65.0 Å². The standard InChI is InChI=1S/C32H30N4O3S/c1-21-34-36-19-29(33-32(36)40-21)31-17-28-25(15-27(37-2)16-30(28)39-31)20-38-26-7-5-6-24(14-26)23-10-8-22(9-11-23)18-35-12-3-4-13-35/h5-11,14-17,19H,3-4,12-13,18,20H2,1-2H3. The molecule has 6 aromatic rings. The Hall–Kier alpha value is -4.14. The number of fused-ring (bicyclic) bond motifs is 2. The molecule has 0 bridgehead atoms. The molecular weight excluding hydrogens is 520 g/mol. The summed E-state index contributed by atoms with van der Waals surface area (Å²) < 4.78 is 19.9. The molecule has 40 heavy (non-hydrogen) atoms. The molecular formula is C32H30N4O3S. The molecule has 7 rings (SSSR count). The van der Waals surface area contributed by atoms with E-state index < -0.39 is 0 Å². The molecule has 0 amide bonds. The quantitative estimate of drug-likeness (QED) is 0.197. The molecule has 1 fully saturated rings. The SMILES string of the molecule is COc1cc(COc2cccc(-c3ccc(CN4CCCC4)cc3)c2)c2cc(-c3cn4nc(C)sc4n3)oc2c1. The minimum Gasteiger partial charge on any atom is -0.497 e. The summed E-state index contributed by atoms with van der Waals surface area (Å²) in [7, 11) is 1.66. The molecule has 202 valence electrons. The van der Waals surface area contributed by atoms with Crippen LogP contribution in [0.1, 0.15) is 29.0 Å². The molecule has 0 spiro atoms. The second kappa shape index (κ2) is 10.4. The van der Waals surface area contributed by atoms with Gasteiger partial charge in [-0.25, -0.2) is 9.50 Å². The number of hydrogen-bond acceptors (Lipinski definition) is 7. The lowest BCUT2D eigenvalue weighted by atomic mass is 10.0. The van der Waals surface area contributed by atoms with Crippen molar-refractivity contribution in [3.63, 3.8) is 0 Å². The highest BCUT2D eigenvalue weighted by molar-refractivity contribution is 7.16. The first-order valence-electron chi connectivity index (χ1n) is 13.6. The first kappa shape index (κ1) is 24.9. The zero-order chi connectivity index (χ0) is 27.1. The Labute approximate surface area is 236 Å². The largest absolute Gasteiger partial charge is 0.497 e. The molecule has 8 heteroatoms. The highest BCUT2D eigenvalue weighted by Crippen LogP contribution is 2.34. The predicted octanol–water partition coefficient (Wildman–Crippen LogP) is 7.36. The van der Waals surface area contributed by atoms with Crippen LogP contribution in [0, 0.1) is 6.92 Å². The molecule has 0 atom stereocenters. The summed E-state index contributed by atoms with van der Waals surface area (Å²) in [5.74, 6) is 2.22.